The van der Waals surface area contributed by atoms with Gasteiger partial charge in [-0.05, 0) is 25.3 Å². The van der Waals surface area contributed by atoms with E-state index >= 15 is 0 Å². The van der Waals surface area contributed by atoms with Crippen LogP contribution >= 0.6 is 0 Å². The Hall–Kier alpha value is -2.97. The van der Waals surface area contributed by atoms with Gasteiger partial charge in [0, 0.05) is 11.6 Å². The van der Waals surface area contributed by atoms with E-state index in [0.29, 0.717) is 25.0 Å². The van der Waals surface area contributed by atoms with Crippen LogP contribution in [-0.4, -0.2) is 28.9 Å². The minimum absolute atomic E-state index is 0.469. The molecule has 0 amide bonds. The van der Waals surface area contributed by atoms with Gasteiger partial charge in [-0.1, -0.05) is 52.4 Å². The van der Waals surface area contributed by atoms with Gasteiger partial charge in [0.1, 0.15) is 6.10 Å². The van der Waals surface area contributed by atoms with E-state index in [9.17, 15) is 34.7 Å². The van der Waals surface area contributed by atoms with E-state index in [4.69, 9.17) is 4.74 Å². The van der Waals surface area contributed by atoms with Crippen LogP contribution in [0.1, 0.15) is 103 Å². The van der Waals surface area contributed by atoms with Crippen LogP contribution in [0, 0.1) is 10.1 Å². The van der Waals surface area contributed by atoms with E-state index in [1.54, 1.807) is 0 Å². The number of benzene rings is 1. The van der Waals surface area contributed by atoms with E-state index < -0.39 is 51.3 Å². The van der Waals surface area contributed by atoms with Crippen LogP contribution in [-0.2, 0) is 4.74 Å². The molecule has 0 spiro atoms. The van der Waals surface area contributed by atoms with Crippen molar-refractivity contribution in [3.05, 3.63) is 38.9 Å². The van der Waals surface area contributed by atoms with E-state index in [0.717, 1.165) is 38.5 Å². The van der Waals surface area contributed by atoms with Crippen LogP contribution in [0.4, 0.5) is 5.69 Å². The molecule has 0 aromatic heterocycles. The second-order valence-electron chi connectivity index (χ2n) is 7.12. The van der Waals surface area contributed by atoms with Crippen LogP contribution in [0.15, 0.2) is 12.1 Å². The fourth-order valence-electron chi connectivity index (χ4n) is 3.19. The Kier molecular flexibility index (Phi) is 10.5. The summed E-state index contributed by atoms with van der Waals surface area (Å²) in [6.07, 6.45) is 7.73. The number of carboxylic acids is 2. The zero-order chi connectivity index (χ0) is 22.7. The average molecular weight is 421 g/mol. The molecule has 0 heterocycles. The summed E-state index contributed by atoms with van der Waals surface area (Å²) in [6, 6.07) is 1.09. The predicted molar refractivity (Wildman–Crippen MR) is 104 cm³/mol. The summed E-state index contributed by atoms with van der Waals surface area (Å²) in [7, 11) is 0. The number of nitro benzene ring substituents is 1. The molecule has 1 unspecified atom stereocenters. The number of aromatic carboxylic acids is 2. The minimum Gasteiger partial charge on any atom is -0.545 e. The number of carbonyl (C=O) groups is 3. The number of carbonyl (C=O) groups excluding carboxylic acids is 3. The van der Waals surface area contributed by atoms with Crippen LogP contribution in [0.25, 0.3) is 0 Å². The van der Waals surface area contributed by atoms with Crippen molar-refractivity contribution >= 4 is 23.6 Å². The molecule has 0 bridgehead atoms. The highest BCUT2D eigenvalue weighted by atomic mass is 16.6. The lowest BCUT2D eigenvalue weighted by Gasteiger charge is -2.19. The van der Waals surface area contributed by atoms with Crippen molar-refractivity contribution in [3.63, 3.8) is 0 Å². The summed E-state index contributed by atoms with van der Waals surface area (Å²) in [5.41, 5.74) is -3.31. The average Bonchev–Trinajstić information content (AvgIpc) is 2.69. The lowest BCUT2D eigenvalue weighted by Crippen LogP contribution is -2.29. The molecule has 30 heavy (non-hydrogen) atoms. The smallest absolute Gasteiger partial charge is 0.339 e. The number of esters is 1. The second-order valence-corrected chi connectivity index (χ2v) is 7.12. The molecule has 9 nitrogen and oxygen atoms in total. The van der Waals surface area contributed by atoms with E-state index in [-0.39, 0.29) is 0 Å². The third-order valence-corrected chi connectivity index (χ3v) is 4.76. The Morgan fingerprint density at radius 2 is 1.47 bits per heavy atom. The number of hydrogen-bond acceptors (Lipinski definition) is 8. The van der Waals surface area contributed by atoms with E-state index in [2.05, 4.69) is 6.92 Å². The normalized spacial score (nSPS) is 11.7. The standard InChI is InChI=1S/C21H29NO8/c1-3-5-6-7-8-9-11-14(10-4-2)30-21(27)16-13-18(22(28)29)17(20(25)26)12-15(16)19(23)24/h12-14H,3-11H2,1-2H3,(H,23,24)(H,25,26)/p-2. The van der Waals surface area contributed by atoms with Crippen molar-refractivity contribution in [1.82, 2.24) is 0 Å². The maximum Gasteiger partial charge on any atom is 0.339 e. The van der Waals surface area contributed by atoms with Gasteiger partial charge in [0.15, 0.2) is 0 Å². The highest BCUT2D eigenvalue weighted by molar-refractivity contribution is 6.05. The van der Waals surface area contributed by atoms with Crippen LogP contribution in [0.5, 0.6) is 0 Å². The molecule has 0 radical (unpaired) electrons. The van der Waals surface area contributed by atoms with Crippen LogP contribution in [0.2, 0.25) is 0 Å². The lowest BCUT2D eigenvalue weighted by atomic mass is 10.0. The molecule has 1 aromatic carbocycles. The Balaban J connectivity index is 3.02. The number of hydrogen-bond donors (Lipinski definition) is 0. The fraction of sp³-hybridized carbons (Fsp3) is 0.571. The molecule has 166 valence electrons. The first-order chi connectivity index (χ1) is 14.2. The van der Waals surface area contributed by atoms with Crippen molar-refractivity contribution in [2.24, 2.45) is 0 Å². The topological polar surface area (TPSA) is 150 Å². The van der Waals surface area contributed by atoms with E-state index in [1.165, 1.54) is 6.42 Å². The highest BCUT2D eigenvalue weighted by Gasteiger charge is 2.25. The zero-order valence-electron chi connectivity index (χ0n) is 17.3. The molecule has 1 aromatic rings. The molecular formula is C21H27NO8-2. The molecule has 1 rings (SSSR count). The molecule has 0 aliphatic rings. The molecular weight excluding hydrogens is 394 g/mol. The number of nitro groups is 1. The van der Waals surface area contributed by atoms with Gasteiger partial charge in [-0.2, -0.15) is 0 Å². The number of carboxylic acid groups (broad SMARTS) is 2. The zero-order valence-corrected chi connectivity index (χ0v) is 17.3. The first-order valence-corrected chi connectivity index (χ1v) is 10.2. The second kappa shape index (κ2) is 12.6. The Bertz CT molecular complexity index is 775. The first-order valence-electron chi connectivity index (χ1n) is 10.2. The number of unbranched alkanes of at least 4 members (excludes halogenated alkanes) is 5. The number of nitrogens with zero attached hydrogens (tertiary/aromatic N) is 1. The molecule has 0 saturated carbocycles. The van der Waals surface area contributed by atoms with Crippen molar-refractivity contribution in [1.29, 1.82) is 0 Å². The van der Waals surface area contributed by atoms with Crippen molar-refractivity contribution in [3.8, 4) is 0 Å². The van der Waals surface area contributed by atoms with Crippen molar-refractivity contribution in [2.75, 3.05) is 0 Å². The summed E-state index contributed by atoms with van der Waals surface area (Å²) in [4.78, 5) is 45.2. The minimum atomic E-state index is -1.93. The summed E-state index contributed by atoms with van der Waals surface area (Å²) in [5, 5.41) is 33.7. The summed E-state index contributed by atoms with van der Waals surface area (Å²) in [5.74, 6) is -4.84. The van der Waals surface area contributed by atoms with Crippen LogP contribution in [0.3, 0.4) is 0 Å². The maximum atomic E-state index is 12.6. The monoisotopic (exact) mass is 421 g/mol. The Labute approximate surface area is 175 Å². The molecule has 0 aliphatic carbocycles. The maximum absolute atomic E-state index is 12.6. The summed E-state index contributed by atoms with van der Waals surface area (Å²) >= 11 is 0. The fourth-order valence-corrected chi connectivity index (χ4v) is 3.19. The highest BCUT2D eigenvalue weighted by Crippen LogP contribution is 2.25. The van der Waals surface area contributed by atoms with Gasteiger partial charge in [0.05, 0.1) is 28.0 Å². The quantitative estimate of drug-likeness (QED) is 0.192. The molecule has 1 atom stereocenters. The van der Waals surface area contributed by atoms with Gasteiger partial charge < -0.3 is 24.5 Å². The SMILES string of the molecule is CCCCCCCCC(CCC)OC(=O)c1cc([N+](=O)[O-])c(C(=O)[O-])cc1C(=O)[O-]. The Morgan fingerprint density at radius 1 is 0.867 bits per heavy atom. The molecule has 0 N–H and O–H groups in total. The third kappa shape index (κ3) is 7.46. The predicted octanol–water partition coefficient (Wildman–Crippen LogP) is 2.40. The van der Waals surface area contributed by atoms with Crippen LogP contribution < -0.4 is 10.2 Å². The summed E-state index contributed by atoms with van der Waals surface area (Å²) < 4.78 is 5.41. The third-order valence-electron chi connectivity index (χ3n) is 4.76. The van der Waals surface area contributed by atoms with Gasteiger partial charge >= 0.3 is 5.97 Å². The van der Waals surface area contributed by atoms with Gasteiger partial charge in [-0.15, -0.1) is 0 Å². The lowest BCUT2D eigenvalue weighted by molar-refractivity contribution is -0.385. The van der Waals surface area contributed by atoms with Crippen molar-refractivity contribution in [2.45, 2.75) is 77.7 Å². The van der Waals surface area contributed by atoms with Gasteiger partial charge in [0.25, 0.3) is 5.69 Å². The number of ether oxygens (including phenoxy) is 1. The molecule has 9 heteroatoms. The van der Waals surface area contributed by atoms with Crippen molar-refractivity contribution < 1.29 is 34.3 Å². The van der Waals surface area contributed by atoms with Gasteiger partial charge in [0.2, 0.25) is 0 Å². The van der Waals surface area contributed by atoms with Gasteiger partial charge in [-0.25, -0.2) is 4.79 Å². The first kappa shape index (κ1) is 25.1. The van der Waals surface area contributed by atoms with E-state index in [1.807, 2.05) is 6.92 Å². The molecule has 0 aliphatic heterocycles. The summed E-state index contributed by atoms with van der Waals surface area (Å²) in [6.45, 7) is 4.04. The largest absolute Gasteiger partial charge is 0.545 e. The molecule has 0 fully saturated rings. The molecule has 0 saturated heterocycles. The van der Waals surface area contributed by atoms with Gasteiger partial charge in [-0.3, -0.25) is 10.1 Å². The Morgan fingerprint density at radius 3 is 2.00 bits per heavy atom. The number of rotatable bonds is 14.